The van der Waals surface area contributed by atoms with Gasteiger partial charge >= 0.3 is 0 Å². The predicted molar refractivity (Wildman–Crippen MR) is 43.0 cm³/mol. The van der Waals surface area contributed by atoms with E-state index in [4.69, 9.17) is 16.5 Å². The average molecular weight is 198 g/mol. The van der Waals surface area contributed by atoms with Crippen LogP contribution in [0.4, 0.5) is 0 Å². The van der Waals surface area contributed by atoms with Crippen molar-refractivity contribution in [2.24, 2.45) is 0 Å². The molecular weight excluding hydrogens is 188 g/mol. The Bertz CT molecular complexity index is 71.0. The van der Waals surface area contributed by atoms with Gasteiger partial charge in [-0.3, -0.25) is 0 Å². The van der Waals surface area contributed by atoms with Crippen LogP contribution in [0.3, 0.4) is 0 Å². The molecule has 0 atom stereocenters. The highest BCUT2D eigenvalue weighted by Gasteiger charge is 2.08. The first-order chi connectivity index (χ1) is 4.39. The second-order valence-electron chi connectivity index (χ2n) is 1.66. The van der Waals surface area contributed by atoms with E-state index in [9.17, 15) is 0 Å². The van der Waals surface area contributed by atoms with E-state index < -0.39 is 39.3 Å². The Morgan fingerprint density at radius 3 is 2.11 bits per heavy atom. The first-order valence-corrected chi connectivity index (χ1v) is 8.34. The van der Waals surface area contributed by atoms with Crippen LogP contribution in [0, 0.1) is 0 Å². The molecule has 0 unspecified atom stereocenters. The summed E-state index contributed by atoms with van der Waals surface area (Å²) in [5, 5.41) is 0. The molecule has 0 amide bonds. The Kier molecular flexibility index (Phi) is 3.92. The number of rotatable bonds is 0. The molecule has 54 valence electrons. The van der Waals surface area contributed by atoms with E-state index >= 15 is 0 Å². The molecule has 8 heteroatoms. The molecule has 1 saturated heterocycles. The average Bonchev–Trinajstić information content (AvgIpc) is 1.79. The lowest BCUT2D eigenvalue weighted by Crippen LogP contribution is -2.30. The maximum absolute atomic E-state index is 5.31. The van der Waals surface area contributed by atoms with Gasteiger partial charge < -0.3 is 16.5 Å². The molecular formula is CH10O4Si4. The summed E-state index contributed by atoms with van der Waals surface area (Å²) in [7, 11) is -3.35. The number of hydrogen-bond acceptors (Lipinski definition) is 4. The van der Waals surface area contributed by atoms with Crippen LogP contribution in [0.5, 0.6) is 0 Å². The van der Waals surface area contributed by atoms with Crippen molar-refractivity contribution in [2.45, 2.75) is 6.55 Å². The van der Waals surface area contributed by atoms with Crippen molar-refractivity contribution in [2.75, 3.05) is 0 Å². The SMILES string of the molecule is C[SiH]1O[SiH2]O[SiH2]O[SiH2]O1. The van der Waals surface area contributed by atoms with Gasteiger partial charge in [-0.1, -0.05) is 0 Å². The van der Waals surface area contributed by atoms with E-state index in [0.29, 0.717) is 0 Å². The molecule has 0 saturated carbocycles. The minimum Gasteiger partial charge on any atom is -0.425 e. The largest absolute Gasteiger partial charge is 0.425 e. The lowest BCUT2D eigenvalue weighted by Gasteiger charge is -2.16. The molecule has 0 bridgehead atoms. The zero-order chi connectivity index (χ0) is 6.53. The third kappa shape index (κ3) is 3.42. The van der Waals surface area contributed by atoms with E-state index in [1.807, 2.05) is 6.55 Å². The van der Waals surface area contributed by atoms with Crippen LogP contribution in [0.25, 0.3) is 0 Å². The molecule has 0 spiro atoms. The Labute approximate surface area is 62.9 Å². The van der Waals surface area contributed by atoms with Gasteiger partial charge in [0.25, 0.3) is 39.3 Å². The van der Waals surface area contributed by atoms with Gasteiger partial charge in [0.1, 0.15) is 0 Å². The normalized spacial score (nSPS) is 39.0. The molecule has 0 N–H and O–H groups in total. The second-order valence-corrected chi connectivity index (χ2v) is 9.44. The second kappa shape index (κ2) is 4.51. The van der Waals surface area contributed by atoms with Crippen molar-refractivity contribution in [1.29, 1.82) is 0 Å². The minimum absolute atomic E-state index is 0.675. The molecule has 1 rings (SSSR count). The molecule has 0 radical (unpaired) electrons. The third-order valence-corrected chi connectivity index (χ3v) is 8.45. The standard InChI is InChI=1S/CH10O4Si4/c1-9-4-7-2-6-3-8-5-9/h9H,6-8H2,1H3. The lowest BCUT2D eigenvalue weighted by atomic mass is 11.9. The monoisotopic (exact) mass is 198 g/mol. The fraction of sp³-hybridized carbons (Fsp3) is 1.00. The quantitative estimate of drug-likeness (QED) is 0.387. The molecule has 1 aliphatic heterocycles. The summed E-state index contributed by atoms with van der Waals surface area (Å²) >= 11 is 0. The van der Waals surface area contributed by atoms with Crippen molar-refractivity contribution >= 4 is 39.3 Å². The van der Waals surface area contributed by atoms with Crippen LogP contribution in [0.2, 0.25) is 6.55 Å². The van der Waals surface area contributed by atoms with Gasteiger partial charge in [-0.2, -0.15) is 0 Å². The summed E-state index contributed by atoms with van der Waals surface area (Å²) in [6.07, 6.45) is 0. The summed E-state index contributed by atoms with van der Waals surface area (Å²) in [5.41, 5.74) is 0. The molecule has 1 aliphatic rings. The Morgan fingerprint density at radius 2 is 1.56 bits per heavy atom. The van der Waals surface area contributed by atoms with Crippen molar-refractivity contribution in [3.63, 3.8) is 0 Å². The van der Waals surface area contributed by atoms with Crippen molar-refractivity contribution in [3.05, 3.63) is 0 Å². The van der Waals surface area contributed by atoms with Crippen LogP contribution in [0.15, 0.2) is 0 Å². The minimum atomic E-state index is -1.27. The molecule has 1 heterocycles. The van der Waals surface area contributed by atoms with E-state index in [-0.39, 0.29) is 0 Å². The molecule has 0 aromatic carbocycles. The molecule has 0 aromatic heterocycles. The van der Waals surface area contributed by atoms with Gasteiger partial charge in [-0.15, -0.1) is 0 Å². The van der Waals surface area contributed by atoms with E-state index in [1.165, 1.54) is 0 Å². The summed E-state index contributed by atoms with van der Waals surface area (Å²) in [6.45, 7) is 2.01. The lowest BCUT2D eigenvalue weighted by molar-refractivity contribution is 0.333. The van der Waals surface area contributed by atoms with E-state index in [0.717, 1.165) is 0 Å². The van der Waals surface area contributed by atoms with Crippen molar-refractivity contribution in [3.8, 4) is 0 Å². The maximum Gasteiger partial charge on any atom is 0.299 e. The summed E-state index contributed by atoms with van der Waals surface area (Å²) < 4.78 is 20.9. The van der Waals surface area contributed by atoms with Crippen molar-refractivity contribution < 1.29 is 16.5 Å². The predicted octanol–water partition coefficient (Wildman–Crippen LogP) is -3.09. The molecule has 0 aliphatic carbocycles. The third-order valence-electron chi connectivity index (χ3n) is 0.939. The Hall–Kier alpha value is 0.708. The Morgan fingerprint density at radius 1 is 1.00 bits per heavy atom. The van der Waals surface area contributed by atoms with Gasteiger partial charge in [-0.25, -0.2) is 0 Å². The smallest absolute Gasteiger partial charge is 0.299 e. The maximum atomic E-state index is 5.31. The fourth-order valence-electron chi connectivity index (χ4n) is 0.463. The van der Waals surface area contributed by atoms with Gasteiger partial charge in [0.15, 0.2) is 0 Å². The first-order valence-electron chi connectivity index (χ1n) is 2.78. The van der Waals surface area contributed by atoms with Crippen molar-refractivity contribution in [1.82, 2.24) is 0 Å². The number of hydrogen-bond donors (Lipinski definition) is 0. The summed E-state index contributed by atoms with van der Waals surface area (Å²) in [6, 6.07) is 0. The molecule has 0 aromatic rings. The van der Waals surface area contributed by atoms with Gasteiger partial charge in [0, 0.05) is 0 Å². The van der Waals surface area contributed by atoms with Crippen LogP contribution in [-0.4, -0.2) is 39.3 Å². The van der Waals surface area contributed by atoms with Crippen LogP contribution < -0.4 is 0 Å². The highest BCUT2D eigenvalue weighted by molar-refractivity contribution is 6.59. The van der Waals surface area contributed by atoms with Crippen LogP contribution >= 0.6 is 0 Å². The summed E-state index contributed by atoms with van der Waals surface area (Å²) in [4.78, 5) is 0. The summed E-state index contributed by atoms with van der Waals surface area (Å²) in [5.74, 6) is 0. The van der Waals surface area contributed by atoms with Gasteiger partial charge in [-0.05, 0) is 6.55 Å². The Balaban J connectivity index is 2.12. The highest BCUT2D eigenvalue weighted by Crippen LogP contribution is 1.89. The van der Waals surface area contributed by atoms with Crippen LogP contribution in [0.1, 0.15) is 0 Å². The van der Waals surface area contributed by atoms with Gasteiger partial charge in [0.2, 0.25) is 0 Å². The van der Waals surface area contributed by atoms with Gasteiger partial charge in [0.05, 0.1) is 0 Å². The van der Waals surface area contributed by atoms with E-state index in [2.05, 4.69) is 0 Å². The zero-order valence-corrected chi connectivity index (χ0v) is 10.7. The zero-order valence-electron chi connectivity index (χ0n) is 5.33. The molecule has 9 heavy (non-hydrogen) atoms. The topological polar surface area (TPSA) is 36.9 Å². The van der Waals surface area contributed by atoms with Crippen LogP contribution in [-0.2, 0) is 16.5 Å². The molecule has 4 nitrogen and oxygen atoms in total. The highest BCUT2D eigenvalue weighted by atomic mass is 28.4. The van der Waals surface area contributed by atoms with E-state index in [1.54, 1.807) is 0 Å². The first kappa shape index (κ1) is 7.81. The fourth-order valence-corrected chi connectivity index (χ4v) is 7.83. The molecule has 1 fully saturated rings.